The van der Waals surface area contributed by atoms with Crippen molar-refractivity contribution in [2.24, 2.45) is 11.7 Å². The highest BCUT2D eigenvalue weighted by atomic mass is 19.3. The topological polar surface area (TPSA) is 35.2 Å². The average Bonchev–Trinajstić information content (AvgIpc) is 2.67. The summed E-state index contributed by atoms with van der Waals surface area (Å²) in [5, 5.41) is 0. The van der Waals surface area contributed by atoms with Crippen LogP contribution in [0.15, 0.2) is 24.3 Å². The van der Waals surface area contributed by atoms with Gasteiger partial charge in [-0.3, -0.25) is 0 Å². The quantitative estimate of drug-likeness (QED) is 0.829. The third-order valence-corrected chi connectivity index (χ3v) is 3.90. The maximum absolute atomic E-state index is 12.1. The molecule has 0 spiro atoms. The number of ether oxygens (including phenoxy) is 1. The minimum Gasteiger partial charge on any atom is -0.435 e. The zero-order chi connectivity index (χ0) is 13.7. The lowest BCUT2D eigenvalue weighted by Crippen LogP contribution is -2.21. The molecule has 2 rings (SSSR count). The van der Waals surface area contributed by atoms with E-state index in [1.165, 1.54) is 25.7 Å². The summed E-state index contributed by atoms with van der Waals surface area (Å²) in [4.78, 5) is 0. The lowest BCUT2D eigenvalue weighted by Gasteiger charge is -2.22. The van der Waals surface area contributed by atoms with Crippen molar-refractivity contribution < 1.29 is 13.5 Å². The highest BCUT2D eigenvalue weighted by molar-refractivity contribution is 5.29. The molecule has 1 aromatic rings. The van der Waals surface area contributed by atoms with E-state index >= 15 is 0 Å². The molecule has 1 atom stereocenters. The first-order valence-electron chi connectivity index (χ1n) is 6.97. The van der Waals surface area contributed by atoms with E-state index in [9.17, 15) is 8.78 Å². The maximum Gasteiger partial charge on any atom is 0.387 e. The van der Waals surface area contributed by atoms with Gasteiger partial charge in [0.2, 0.25) is 0 Å². The molecule has 0 radical (unpaired) electrons. The van der Waals surface area contributed by atoms with Crippen molar-refractivity contribution in [1.82, 2.24) is 0 Å². The Kier molecular flexibility index (Phi) is 5.14. The van der Waals surface area contributed by atoms with E-state index in [0.29, 0.717) is 5.92 Å². The summed E-state index contributed by atoms with van der Waals surface area (Å²) in [6, 6.07) is 6.73. The molecule has 0 heterocycles. The summed E-state index contributed by atoms with van der Waals surface area (Å²) in [6.45, 7) is -2.78. The zero-order valence-corrected chi connectivity index (χ0v) is 11.0. The van der Waals surface area contributed by atoms with Crippen LogP contribution in [0.1, 0.15) is 50.1 Å². The molecule has 0 aromatic heterocycles. The Labute approximate surface area is 112 Å². The molecule has 0 bridgehead atoms. The Morgan fingerprint density at radius 1 is 1.00 bits per heavy atom. The van der Waals surface area contributed by atoms with Crippen LogP contribution < -0.4 is 10.5 Å². The molecular formula is C15H21F2NO. The molecule has 0 saturated heterocycles. The van der Waals surface area contributed by atoms with Gasteiger partial charge in [0, 0.05) is 6.04 Å². The number of halogens is 2. The van der Waals surface area contributed by atoms with Gasteiger partial charge in [0.1, 0.15) is 5.75 Å². The fraction of sp³-hybridized carbons (Fsp3) is 0.600. The number of hydrogen-bond donors (Lipinski definition) is 1. The predicted molar refractivity (Wildman–Crippen MR) is 71.2 cm³/mol. The van der Waals surface area contributed by atoms with Gasteiger partial charge in [0.25, 0.3) is 0 Å². The van der Waals surface area contributed by atoms with Crippen LogP contribution in [-0.4, -0.2) is 6.61 Å². The lowest BCUT2D eigenvalue weighted by molar-refractivity contribution is -0.0498. The minimum absolute atomic E-state index is 0.00120. The molecule has 2 N–H and O–H groups in total. The largest absolute Gasteiger partial charge is 0.435 e. The van der Waals surface area contributed by atoms with Crippen LogP contribution in [-0.2, 0) is 0 Å². The van der Waals surface area contributed by atoms with Crippen molar-refractivity contribution in [3.8, 4) is 5.75 Å². The van der Waals surface area contributed by atoms with Crippen molar-refractivity contribution in [3.63, 3.8) is 0 Å². The van der Waals surface area contributed by atoms with E-state index in [-0.39, 0.29) is 11.8 Å². The first-order chi connectivity index (χ1) is 9.16. The van der Waals surface area contributed by atoms with Gasteiger partial charge in [0.05, 0.1) is 0 Å². The van der Waals surface area contributed by atoms with E-state index in [1.54, 1.807) is 24.3 Å². The second-order valence-electron chi connectivity index (χ2n) is 5.22. The van der Waals surface area contributed by atoms with Crippen LogP contribution in [0.2, 0.25) is 0 Å². The van der Waals surface area contributed by atoms with Gasteiger partial charge >= 0.3 is 6.61 Å². The standard InChI is InChI=1S/C15H21F2NO/c16-15(17)19-13-9-7-12(8-10-13)14(18)11-5-3-1-2-4-6-11/h7-11,14-15H,1-6,18H2. The molecule has 1 unspecified atom stereocenters. The first kappa shape index (κ1) is 14.3. The first-order valence-corrected chi connectivity index (χ1v) is 6.97. The maximum atomic E-state index is 12.1. The zero-order valence-electron chi connectivity index (χ0n) is 11.0. The summed E-state index contributed by atoms with van der Waals surface area (Å²) in [5.74, 6) is 0.691. The van der Waals surface area contributed by atoms with Crippen LogP contribution in [0.25, 0.3) is 0 Å². The molecule has 1 aliphatic carbocycles. The number of nitrogens with two attached hydrogens (primary N) is 1. The molecule has 1 fully saturated rings. The third kappa shape index (κ3) is 4.16. The Bertz CT molecular complexity index is 372. The Balaban J connectivity index is 1.99. The van der Waals surface area contributed by atoms with Gasteiger partial charge in [-0.05, 0) is 36.5 Å². The fourth-order valence-electron chi connectivity index (χ4n) is 2.81. The summed E-state index contributed by atoms with van der Waals surface area (Å²) >= 11 is 0. The monoisotopic (exact) mass is 269 g/mol. The summed E-state index contributed by atoms with van der Waals surface area (Å²) in [5.41, 5.74) is 7.31. The van der Waals surface area contributed by atoms with Crippen LogP contribution in [0.3, 0.4) is 0 Å². The van der Waals surface area contributed by atoms with Crippen LogP contribution in [0, 0.1) is 5.92 Å². The van der Waals surface area contributed by atoms with Gasteiger partial charge < -0.3 is 10.5 Å². The molecule has 2 nitrogen and oxygen atoms in total. The van der Waals surface area contributed by atoms with Gasteiger partial charge in [0.15, 0.2) is 0 Å². The minimum atomic E-state index is -2.78. The predicted octanol–water partition coefficient (Wildman–Crippen LogP) is 4.26. The Morgan fingerprint density at radius 2 is 1.58 bits per heavy atom. The van der Waals surface area contributed by atoms with Gasteiger partial charge in [-0.15, -0.1) is 0 Å². The van der Waals surface area contributed by atoms with Crippen LogP contribution in [0.5, 0.6) is 5.75 Å². The molecule has 106 valence electrons. The van der Waals surface area contributed by atoms with Crippen molar-refractivity contribution in [2.45, 2.75) is 51.2 Å². The van der Waals surface area contributed by atoms with E-state index in [1.807, 2.05) is 0 Å². The summed E-state index contributed by atoms with van der Waals surface area (Å²) < 4.78 is 28.5. The Morgan fingerprint density at radius 3 is 2.11 bits per heavy atom. The molecule has 0 aliphatic heterocycles. The van der Waals surface area contributed by atoms with Gasteiger partial charge in [-0.25, -0.2) is 0 Å². The van der Waals surface area contributed by atoms with Crippen molar-refractivity contribution in [2.75, 3.05) is 0 Å². The molecule has 4 heteroatoms. The molecule has 1 saturated carbocycles. The second kappa shape index (κ2) is 6.85. The fourth-order valence-corrected chi connectivity index (χ4v) is 2.81. The summed E-state index contributed by atoms with van der Waals surface area (Å²) in [7, 11) is 0. The second-order valence-corrected chi connectivity index (χ2v) is 5.22. The van der Waals surface area contributed by atoms with Crippen LogP contribution in [0.4, 0.5) is 8.78 Å². The van der Waals surface area contributed by atoms with E-state index in [4.69, 9.17) is 5.73 Å². The number of hydrogen-bond acceptors (Lipinski definition) is 2. The molecule has 19 heavy (non-hydrogen) atoms. The van der Waals surface area contributed by atoms with Crippen molar-refractivity contribution in [1.29, 1.82) is 0 Å². The molecule has 0 amide bonds. The van der Waals surface area contributed by atoms with Gasteiger partial charge in [-0.1, -0.05) is 37.8 Å². The molecule has 1 aromatic carbocycles. The smallest absolute Gasteiger partial charge is 0.387 e. The highest BCUT2D eigenvalue weighted by Crippen LogP contribution is 2.32. The Hall–Kier alpha value is -1.16. The van der Waals surface area contributed by atoms with Crippen molar-refractivity contribution >= 4 is 0 Å². The molecular weight excluding hydrogens is 248 g/mol. The highest BCUT2D eigenvalue weighted by Gasteiger charge is 2.20. The average molecular weight is 269 g/mol. The van der Waals surface area contributed by atoms with E-state index in [2.05, 4.69) is 4.74 Å². The summed E-state index contributed by atoms with van der Waals surface area (Å²) in [6.07, 6.45) is 7.40. The number of rotatable bonds is 4. The van der Waals surface area contributed by atoms with Crippen LogP contribution >= 0.6 is 0 Å². The van der Waals surface area contributed by atoms with E-state index < -0.39 is 6.61 Å². The lowest BCUT2D eigenvalue weighted by atomic mass is 9.88. The molecule has 1 aliphatic rings. The number of alkyl halides is 2. The van der Waals surface area contributed by atoms with Crippen molar-refractivity contribution in [3.05, 3.63) is 29.8 Å². The number of benzene rings is 1. The van der Waals surface area contributed by atoms with E-state index in [0.717, 1.165) is 18.4 Å². The third-order valence-electron chi connectivity index (χ3n) is 3.90. The normalized spacial score (nSPS) is 19.2. The SMILES string of the molecule is NC(c1ccc(OC(F)F)cc1)C1CCCCCC1. The van der Waals surface area contributed by atoms with Gasteiger partial charge in [-0.2, -0.15) is 8.78 Å².